The lowest BCUT2D eigenvalue weighted by atomic mass is 10.2. The van der Waals surface area contributed by atoms with Crippen molar-refractivity contribution in [1.29, 1.82) is 0 Å². The Labute approximate surface area is 74.3 Å². The van der Waals surface area contributed by atoms with E-state index in [1.807, 2.05) is 0 Å². The van der Waals surface area contributed by atoms with E-state index in [0.29, 0.717) is 5.95 Å². The smallest absolute Gasteiger partial charge is 0.197 e. The van der Waals surface area contributed by atoms with Gasteiger partial charge in [0.15, 0.2) is 5.95 Å². The average Bonchev–Trinajstić information content (AvgIpc) is 2.58. The summed E-state index contributed by atoms with van der Waals surface area (Å²) in [5.41, 5.74) is 7.73. The van der Waals surface area contributed by atoms with Crippen LogP contribution in [0.1, 0.15) is 5.56 Å². The van der Waals surface area contributed by atoms with Crippen molar-refractivity contribution in [3.05, 3.63) is 23.2 Å². The second-order valence-electron chi connectivity index (χ2n) is 2.61. The highest BCUT2D eigenvalue weighted by Crippen LogP contribution is 2.27. The van der Waals surface area contributed by atoms with Gasteiger partial charge in [0.2, 0.25) is 0 Å². The largest absolute Gasteiger partial charge is 0.369 e. The van der Waals surface area contributed by atoms with Gasteiger partial charge in [-0.25, -0.2) is 4.98 Å². The fraction of sp³-hybridized carbons (Fsp3) is 0.125. The number of aromatic amines is 1. The van der Waals surface area contributed by atoms with Crippen molar-refractivity contribution >= 4 is 17.3 Å². The van der Waals surface area contributed by atoms with Crippen LogP contribution in [0, 0.1) is 6.92 Å². The number of nitrogens with zero attached hydrogens (tertiary/aromatic N) is 1. The van der Waals surface area contributed by atoms with E-state index in [9.17, 15) is 0 Å². The van der Waals surface area contributed by atoms with E-state index in [-0.39, 0.29) is 0 Å². The third kappa shape index (κ3) is 1.10. The van der Waals surface area contributed by atoms with Crippen LogP contribution in [0.5, 0.6) is 0 Å². The SMILES string of the molecule is Cc1ccsc1-c1cnc(N)[nH]1. The standard InChI is InChI=1S/C8H9N3S/c1-5-2-3-12-7(5)6-4-10-8(9)11-6/h2-4H,1H3,(H3,9,10,11). The number of H-pyrrole nitrogens is 1. The highest BCUT2D eigenvalue weighted by atomic mass is 32.1. The molecule has 0 bridgehead atoms. The van der Waals surface area contributed by atoms with Gasteiger partial charge in [-0.2, -0.15) is 0 Å². The summed E-state index contributed by atoms with van der Waals surface area (Å²) in [7, 11) is 0. The number of hydrogen-bond donors (Lipinski definition) is 2. The molecular formula is C8H9N3S. The molecule has 0 aliphatic heterocycles. The van der Waals surface area contributed by atoms with Crippen molar-refractivity contribution in [2.45, 2.75) is 6.92 Å². The van der Waals surface area contributed by atoms with E-state index in [1.165, 1.54) is 10.4 Å². The number of imidazole rings is 1. The van der Waals surface area contributed by atoms with Gasteiger partial charge in [0, 0.05) is 0 Å². The summed E-state index contributed by atoms with van der Waals surface area (Å²) in [5.74, 6) is 0.470. The average molecular weight is 179 g/mol. The Bertz CT molecular complexity index is 388. The van der Waals surface area contributed by atoms with E-state index in [0.717, 1.165) is 5.69 Å². The van der Waals surface area contributed by atoms with Crippen LogP contribution in [-0.2, 0) is 0 Å². The van der Waals surface area contributed by atoms with Crippen molar-refractivity contribution in [1.82, 2.24) is 9.97 Å². The molecule has 2 heterocycles. The first-order valence-electron chi connectivity index (χ1n) is 3.62. The minimum absolute atomic E-state index is 0.470. The molecular weight excluding hydrogens is 170 g/mol. The number of aryl methyl sites for hydroxylation is 1. The molecule has 0 radical (unpaired) electrons. The molecule has 0 aliphatic carbocycles. The zero-order valence-electron chi connectivity index (χ0n) is 6.66. The predicted octanol–water partition coefficient (Wildman–Crippen LogP) is 2.03. The van der Waals surface area contributed by atoms with Gasteiger partial charge in [0.05, 0.1) is 16.8 Å². The maximum atomic E-state index is 5.47. The molecule has 0 spiro atoms. The first-order valence-corrected chi connectivity index (χ1v) is 4.50. The van der Waals surface area contributed by atoms with Gasteiger partial charge in [-0.1, -0.05) is 0 Å². The Hall–Kier alpha value is -1.29. The second-order valence-corrected chi connectivity index (χ2v) is 3.53. The first-order chi connectivity index (χ1) is 5.77. The summed E-state index contributed by atoms with van der Waals surface area (Å²) in [5, 5.41) is 2.06. The van der Waals surface area contributed by atoms with Crippen molar-refractivity contribution < 1.29 is 0 Å². The Morgan fingerprint density at radius 2 is 2.42 bits per heavy atom. The lowest BCUT2D eigenvalue weighted by Gasteiger charge is -1.92. The molecule has 12 heavy (non-hydrogen) atoms. The number of nitrogens with one attached hydrogen (secondary N) is 1. The van der Waals surface area contributed by atoms with Crippen LogP contribution in [0.15, 0.2) is 17.6 Å². The van der Waals surface area contributed by atoms with Crippen molar-refractivity contribution in [2.24, 2.45) is 0 Å². The molecule has 0 unspecified atom stereocenters. The van der Waals surface area contributed by atoms with Crippen LogP contribution in [0.25, 0.3) is 10.6 Å². The van der Waals surface area contributed by atoms with Gasteiger partial charge >= 0.3 is 0 Å². The van der Waals surface area contributed by atoms with Gasteiger partial charge in [0.25, 0.3) is 0 Å². The van der Waals surface area contributed by atoms with Crippen molar-refractivity contribution in [2.75, 3.05) is 5.73 Å². The number of rotatable bonds is 1. The molecule has 0 amide bonds. The van der Waals surface area contributed by atoms with Gasteiger partial charge in [-0.15, -0.1) is 11.3 Å². The zero-order chi connectivity index (χ0) is 8.55. The maximum absolute atomic E-state index is 5.47. The number of anilines is 1. The van der Waals surface area contributed by atoms with Crippen molar-refractivity contribution in [3.63, 3.8) is 0 Å². The molecule has 0 aliphatic rings. The van der Waals surface area contributed by atoms with E-state index >= 15 is 0 Å². The zero-order valence-corrected chi connectivity index (χ0v) is 7.48. The molecule has 3 nitrogen and oxygen atoms in total. The molecule has 0 aromatic carbocycles. The van der Waals surface area contributed by atoms with Crippen LogP contribution in [0.2, 0.25) is 0 Å². The van der Waals surface area contributed by atoms with Crippen molar-refractivity contribution in [3.8, 4) is 10.6 Å². The highest BCUT2D eigenvalue weighted by Gasteiger charge is 2.04. The molecule has 2 rings (SSSR count). The Balaban J connectivity index is 2.50. The molecule has 0 saturated carbocycles. The number of hydrogen-bond acceptors (Lipinski definition) is 3. The first kappa shape index (κ1) is 7.36. The lowest BCUT2D eigenvalue weighted by molar-refractivity contribution is 1.33. The van der Waals surface area contributed by atoms with Gasteiger partial charge in [-0.05, 0) is 23.9 Å². The van der Waals surface area contributed by atoms with E-state index < -0.39 is 0 Å². The summed E-state index contributed by atoms with van der Waals surface area (Å²) in [6, 6.07) is 2.08. The quantitative estimate of drug-likeness (QED) is 0.703. The minimum atomic E-state index is 0.470. The molecule has 2 aromatic heterocycles. The Morgan fingerprint density at radius 1 is 1.58 bits per heavy atom. The Morgan fingerprint density at radius 3 is 2.92 bits per heavy atom. The number of nitrogens with two attached hydrogens (primary N) is 1. The summed E-state index contributed by atoms with van der Waals surface area (Å²) in [6.45, 7) is 2.07. The van der Waals surface area contributed by atoms with Gasteiger partial charge < -0.3 is 10.7 Å². The summed E-state index contributed by atoms with van der Waals surface area (Å²) >= 11 is 1.69. The number of aromatic nitrogens is 2. The normalized spacial score (nSPS) is 10.4. The maximum Gasteiger partial charge on any atom is 0.197 e. The Kier molecular flexibility index (Phi) is 1.62. The molecule has 3 N–H and O–H groups in total. The van der Waals surface area contributed by atoms with Crippen LogP contribution in [-0.4, -0.2) is 9.97 Å². The second kappa shape index (κ2) is 2.64. The molecule has 0 saturated heterocycles. The lowest BCUT2D eigenvalue weighted by Crippen LogP contribution is -1.85. The molecule has 62 valence electrons. The number of nitrogen functional groups attached to an aromatic ring is 1. The van der Waals surface area contributed by atoms with Crippen LogP contribution >= 0.6 is 11.3 Å². The van der Waals surface area contributed by atoms with E-state index in [2.05, 4.69) is 28.3 Å². The molecule has 4 heteroatoms. The molecule has 2 aromatic rings. The summed E-state index contributed by atoms with van der Waals surface area (Å²) < 4.78 is 0. The van der Waals surface area contributed by atoms with E-state index in [1.54, 1.807) is 17.5 Å². The molecule has 0 atom stereocenters. The van der Waals surface area contributed by atoms with Crippen LogP contribution in [0.3, 0.4) is 0 Å². The minimum Gasteiger partial charge on any atom is -0.369 e. The fourth-order valence-electron chi connectivity index (χ4n) is 1.10. The van der Waals surface area contributed by atoms with Gasteiger partial charge in [0.1, 0.15) is 0 Å². The third-order valence-corrected chi connectivity index (χ3v) is 2.75. The van der Waals surface area contributed by atoms with Crippen LogP contribution < -0.4 is 5.73 Å². The van der Waals surface area contributed by atoms with E-state index in [4.69, 9.17) is 5.73 Å². The fourth-order valence-corrected chi connectivity index (χ4v) is 1.99. The summed E-state index contributed by atoms with van der Waals surface area (Å²) in [4.78, 5) is 8.15. The monoisotopic (exact) mass is 179 g/mol. The van der Waals surface area contributed by atoms with Crippen LogP contribution in [0.4, 0.5) is 5.95 Å². The third-order valence-electron chi connectivity index (χ3n) is 1.70. The van der Waals surface area contributed by atoms with Gasteiger partial charge in [-0.3, -0.25) is 0 Å². The highest BCUT2D eigenvalue weighted by molar-refractivity contribution is 7.13. The number of thiophene rings is 1. The topological polar surface area (TPSA) is 54.7 Å². The summed E-state index contributed by atoms with van der Waals surface area (Å²) in [6.07, 6.45) is 1.76. The predicted molar refractivity (Wildman–Crippen MR) is 51.1 cm³/mol. The molecule has 0 fully saturated rings.